The average Bonchev–Trinajstić information content (AvgIpc) is 3.12. The SMILES string of the molecule is CC(C)(C)Cc1ccnc(-c2cccc3c2sc2cccc(-c4ccccc4)c23)c1. The van der Waals surface area contributed by atoms with Gasteiger partial charge in [0.2, 0.25) is 0 Å². The molecule has 30 heavy (non-hydrogen) atoms. The quantitative estimate of drug-likeness (QED) is 0.293. The van der Waals surface area contributed by atoms with Crippen molar-refractivity contribution >= 4 is 31.5 Å². The molecule has 0 radical (unpaired) electrons. The summed E-state index contributed by atoms with van der Waals surface area (Å²) in [4.78, 5) is 4.75. The molecule has 5 rings (SSSR count). The Hall–Kier alpha value is -2.97. The van der Waals surface area contributed by atoms with E-state index in [2.05, 4.69) is 99.6 Å². The third-order valence-corrected chi connectivity index (χ3v) is 6.65. The van der Waals surface area contributed by atoms with E-state index in [0.717, 1.165) is 12.1 Å². The number of aromatic nitrogens is 1. The van der Waals surface area contributed by atoms with Gasteiger partial charge in [-0.1, -0.05) is 81.4 Å². The summed E-state index contributed by atoms with van der Waals surface area (Å²) < 4.78 is 2.64. The van der Waals surface area contributed by atoms with Crippen LogP contribution in [0.5, 0.6) is 0 Å². The first-order chi connectivity index (χ1) is 14.5. The number of nitrogens with zero attached hydrogens (tertiary/aromatic N) is 1. The lowest BCUT2D eigenvalue weighted by Gasteiger charge is -2.18. The predicted octanol–water partition coefficient (Wildman–Crippen LogP) is 8.37. The number of rotatable bonds is 3. The second-order valence-electron chi connectivity index (χ2n) is 9.12. The molecule has 2 heteroatoms. The zero-order valence-corrected chi connectivity index (χ0v) is 18.5. The molecule has 0 aliphatic rings. The summed E-state index contributed by atoms with van der Waals surface area (Å²) in [5.74, 6) is 0. The van der Waals surface area contributed by atoms with Gasteiger partial charge >= 0.3 is 0 Å². The number of pyridine rings is 1. The molecule has 0 saturated carbocycles. The molecule has 0 aliphatic heterocycles. The Labute approximate surface area is 182 Å². The fourth-order valence-electron chi connectivity index (χ4n) is 4.25. The van der Waals surface area contributed by atoms with Gasteiger partial charge in [0, 0.05) is 31.9 Å². The van der Waals surface area contributed by atoms with Gasteiger partial charge in [-0.15, -0.1) is 11.3 Å². The van der Waals surface area contributed by atoms with Crippen molar-refractivity contribution in [2.45, 2.75) is 27.2 Å². The van der Waals surface area contributed by atoms with Crippen molar-refractivity contribution < 1.29 is 0 Å². The van der Waals surface area contributed by atoms with E-state index >= 15 is 0 Å². The van der Waals surface area contributed by atoms with E-state index in [1.807, 2.05) is 17.5 Å². The van der Waals surface area contributed by atoms with Crippen molar-refractivity contribution in [1.82, 2.24) is 4.98 Å². The molecule has 0 amide bonds. The highest BCUT2D eigenvalue weighted by molar-refractivity contribution is 7.26. The van der Waals surface area contributed by atoms with Crippen LogP contribution in [-0.4, -0.2) is 4.98 Å². The minimum absolute atomic E-state index is 0.257. The first-order valence-electron chi connectivity index (χ1n) is 10.4. The van der Waals surface area contributed by atoms with Crippen LogP contribution >= 0.6 is 11.3 Å². The third kappa shape index (κ3) is 3.53. The van der Waals surface area contributed by atoms with Gasteiger partial charge in [-0.2, -0.15) is 0 Å². The molecular formula is C28H25NS. The van der Waals surface area contributed by atoms with Crippen LogP contribution in [0.25, 0.3) is 42.6 Å². The minimum atomic E-state index is 0.257. The first kappa shape index (κ1) is 19.0. The molecule has 0 atom stereocenters. The molecule has 0 unspecified atom stereocenters. The average molecular weight is 408 g/mol. The Balaban J connectivity index is 1.72. The molecule has 0 bridgehead atoms. The van der Waals surface area contributed by atoms with Crippen LogP contribution in [0, 0.1) is 5.41 Å². The van der Waals surface area contributed by atoms with E-state index in [4.69, 9.17) is 4.98 Å². The molecule has 0 saturated heterocycles. The normalized spacial score (nSPS) is 12.0. The molecule has 2 heterocycles. The fourth-order valence-corrected chi connectivity index (χ4v) is 5.50. The Morgan fingerprint density at radius 2 is 1.57 bits per heavy atom. The zero-order chi connectivity index (χ0) is 20.7. The standard InChI is InChI=1S/C28H25NS/c1-28(2,3)18-19-15-16-29-24(17-19)22-12-7-13-23-26-21(20-9-5-4-6-10-20)11-8-14-25(26)30-27(22)23/h4-17H,18H2,1-3H3. The van der Waals surface area contributed by atoms with Crippen molar-refractivity contribution in [3.8, 4) is 22.4 Å². The molecule has 5 aromatic rings. The van der Waals surface area contributed by atoms with Crippen LogP contribution in [0.15, 0.2) is 85.1 Å². The summed E-state index contributed by atoms with van der Waals surface area (Å²) >= 11 is 1.87. The summed E-state index contributed by atoms with van der Waals surface area (Å²) in [6.45, 7) is 6.85. The molecule has 148 valence electrons. The van der Waals surface area contributed by atoms with Gasteiger partial charge in [0.05, 0.1) is 5.69 Å². The molecule has 0 aliphatic carbocycles. The first-order valence-corrected chi connectivity index (χ1v) is 11.3. The number of benzene rings is 3. The largest absolute Gasteiger partial charge is 0.256 e. The monoisotopic (exact) mass is 407 g/mol. The van der Waals surface area contributed by atoms with Crippen LogP contribution in [0.2, 0.25) is 0 Å². The Kier molecular flexibility index (Phi) is 4.67. The lowest BCUT2D eigenvalue weighted by molar-refractivity contribution is 0.411. The van der Waals surface area contributed by atoms with Crippen LogP contribution in [0.1, 0.15) is 26.3 Å². The van der Waals surface area contributed by atoms with E-state index in [1.54, 1.807) is 0 Å². The van der Waals surface area contributed by atoms with Gasteiger partial charge in [0.1, 0.15) is 0 Å². The van der Waals surface area contributed by atoms with Crippen molar-refractivity contribution in [1.29, 1.82) is 0 Å². The smallest absolute Gasteiger partial charge is 0.0719 e. The van der Waals surface area contributed by atoms with Crippen molar-refractivity contribution in [2.24, 2.45) is 5.41 Å². The van der Waals surface area contributed by atoms with Crippen LogP contribution in [-0.2, 0) is 6.42 Å². The van der Waals surface area contributed by atoms with Gasteiger partial charge in [-0.3, -0.25) is 4.98 Å². The second-order valence-corrected chi connectivity index (χ2v) is 10.2. The van der Waals surface area contributed by atoms with Gasteiger partial charge in [0.25, 0.3) is 0 Å². The van der Waals surface area contributed by atoms with Crippen molar-refractivity contribution in [3.63, 3.8) is 0 Å². The van der Waals surface area contributed by atoms with Gasteiger partial charge in [-0.25, -0.2) is 0 Å². The van der Waals surface area contributed by atoms with Gasteiger partial charge in [-0.05, 0) is 46.7 Å². The van der Waals surface area contributed by atoms with Crippen LogP contribution < -0.4 is 0 Å². The number of thiophene rings is 1. The molecule has 0 fully saturated rings. The molecule has 2 aromatic heterocycles. The fraction of sp³-hybridized carbons (Fsp3) is 0.179. The van der Waals surface area contributed by atoms with Crippen molar-refractivity contribution in [3.05, 3.63) is 90.6 Å². The molecule has 3 aromatic carbocycles. The highest BCUT2D eigenvalue weighted by atomic mass is 32.1. The van der Waals surface area contributed by atoms with Gasteiger partial charge in [0.15, 0.2) is 0 Å². The zero-order valence-electron chi connectivity index (χ0n) is 17.6. The van der Waals surface area contributed by atoms with Crippen molar-refractivity contribution in [2.75, 3.05) is 0 Å². The maximum absolute atomic E-state index is 4.75. The Morgan fingerprint density at radius 1 is 0.800 bits per heavy atom. The van der Waals surface area contributed by atoms with E-state index in [1.165, 1.54) is 42.4 Å². The summed E-state index contributed by atoms with van der Waals surface area (Å²) in [5, 5.41) is 2.66. The molecule has 1 nitrogen and oxygen atoms in total. The summed E-state index contributed by atoms with van der Waals surface area (Å²) in [6, 6.07) is 28.4. The van der Waals surface area contributed by atoms with E-state index in [9.17, 15) is 0 Å². The highest BCUT2D eigenvalue weighted by Crippen LogP contribution is 2.43. The predicted molar refractivity (Wildman–Crippen MR) is 131 cm³/mol. The van der Waals surface area contributed by atoms with E-state index in [0.29, 0.717) is 0 Å². The van der Waals surface area contributed by atoms with E-state index in [-0.39, 0.29) is 5.41 Å². The molecular weight excluding hydrogens is 382 g/mol. The highest BCUT2D eigenvalue weighted by Gasteiger charge is 2.16. The lowest BCUT2D eigenvalue weighted by Crippen LogP contribution is -2.09. The maximum atomic E-state index is 4.75. The molecule has 0 spiro atoms. The molecule has 0 N–H and O–H groups in total. The van der Waals surface area contributed by atoms with Gasteiger partial charge < -0.3 is 0 Å². The maximum Gasteiger partial charge on any atom is 0.0719 e. The van der Waals surface area contributed by atoms with Crippen LogP contribution in [0.4, 0.5) is 0 Å². The lowest BCUT2D eigenvalue weighted by atomic mass is 9.88. The Morgan fingerprint density at radius 3 is 2.37 bits per heavy atom. The summed E-state index contributed by atoms with van der Waals surface area (Å²) in [7, 11) is 0. The second kappa shape index (κ2) is 7.37. The summed E-state index contributed by atoms with van der Waals surface area (Å²) in [6.07, 6.45) is 3.00. The van der Waals surface area contributed by atoms with Crippen LogP contribution in [0.3, 0.4) is 0 Å². The minimum Gasteiger partial charge on any atom is -0.256 e. The number of hydrogen-bond acceptors (Lipinski definition) is 2. The third-order valence-electron chi connectivity index (χ3n) is 5.44. The Bertz CT molecular complexity index is 1340. The van der Waals surface area contributed by atoms with E-state index < -0.39 is 0 Å². The number of hydrogen-bond donors (Lipinski definition) is 0. The summed E-state index contributed by atoms with van der Waals surface area (Å²) in [5.41, 5.74) is 6.45. The number of fused-ring (bicyclic) bond motifs is 3. The topological polar surface area (TPSA) is 12.9 Å².